The van der Waals surface area contributed by atoms with Crippen molar-refractivity contribution in [2.24, 2.45) is 11.7 Å². The van der Waals surface area contributed by atoms with Gasteiger partial charge < -0.3 is 15.5 Å². The lowest BCUT2D eigenvalue weighted by Crippen LogP contribution is -2.37. The molecular formula is C21H33N3O. The van der Waals surface area contributed by atoms with Gasteiger partial charge in [-0.3, -0.25) is 4.79 Å². The summed E-state index contributed by atoms with van der Waals surface area (Å²) >= 11 is 0. The molecule has 25 heavy (non-hydrogen) atoms. The van der Waals surface area contributed by atoms with Crippen LogP contribution in [0, 0.1) is 5.92 Å². The van der Waals surface area contributed by atoms with Crippen LogP contribution >= 0.6 is 0 Å². The first-order valence-corrected chi connectivity index (χ1v) is 10.0. The van der Waals surface area contributed by atoms with Crippen molar-refractivity contribution in [3.63, 3.8) is 0 Å². The van der Waals surface area contributed by atoms with E-state index in [0.717, 1.165) is 44.1 Å². The molecule has 1 saturated carbocycles. The molecule has 1 atom stereocenters. The van der Waals surface area contributed by atoms with Gasteiger partial charge in [0.15, 0.2) is 0 Å². The Kier molecular flexibility index (Phi) is 6.88. The SMILES string of the molecule is NC(CC(=O)N1CCCN(CC2CCCCC2)CC1)c1ccccc1. The second-order valence-electron chi connectivity index (χ2n) is 7.76. The van der Waals surface area contributed by atoms with E-state index in [-0.39, 0.29) is 11.9 Å². The van der Waals surface area contributed by atoms with Gasteiger partial charge in [-0.1, -0.05) is 49.6 Å². The van der Waals surface area contributed by atoms with Gasteiger partial charge in [0.25, 0.3) is 0 Å². The van der Waals surface area contributed by atoms with Crippen molar-refractivity contribution in [3.8, 4) is 0 Å². The van der Waals surface area contributed by atoms with Crippen LogP contribution in [0.3, 0.4) is 0 Å². The minimum absolute atomic E-state index is 0.199. The van der Waals surface area contributed by atoms with Crippen LogP contribution in [-0.2, 0) is 4.79 Å². The maximum atomic E-state index is 12.7. The summed E-state index contributed by atoms with van der Waals surface area (Å²) < 4.78 is 0. The van der Waals surface area contributed by atoms with Gasteiger partial charge in [-0.05, 0) is 37.3 Å². The van der Waals surface area contributed by atoms with Crippen LogP contribution in [0.2, 0.25) is 0 Å². The van der Waals surface area contributed by atoms with E-state index in [2.05, 4.69) is 4.90 Å². The molecule has 1 aromatic rings. The molecule has 0 aromatic heterocycles. The van der Waals surface area contributed by atoms with Crippen LogP contribution in [0.5, 0.6) is 0 Å². The van der Waals surface area contributed by atoms with Gasteiger partial charge in [0, 0.05) is 38.6 Å². The molecule has 1 heterocycles. The van der Waals surface area contributed by atoms with Crippen LogP contribution in [0.25, 0.3) is 0 Å². The number of nitrogens with two attached hydrogens (primary N) is 1. The lowest BCUT2D eigenvalue weighted by Gasteiger charge is -2.29. The minimum atomic E-state index is -0.199. The zero-order valence-electron chi connectivity index (χ0n) is 15.4. The molecule has 1 aliphatic carbocycles. The quantitative estimate of drug-likeness (QED) is 0.893. The van der Waals surface area contributed by atoms with Gasteiger partial charge in [0.05, 0.1) is 0 Å². The van der Waals surface area contributed by atoms with E-state index in [4.69, 9.17) is 5.73 Å². The second-order valence-corrected chi connectivity index (χ2v) is 7.76. The highest BCUT2D eigenvalue weighted by atomic mass is 16.2. The van der Waals surface area contributed by atoms with E-state index in [1.165, 1.54) is 38.6 Å². The van der Waals surface area contributed by atoms with E-state index in [0.29, 0.717) is 6.42 Å². The zero-order chi connectivity index (χ0) is 17.5. The van der Waals surface area contributed by atoms with Gasteiger partial charge in [-0.15, -0.1) is 0 Å². The Morgan fingerprint density at radius 1 is 1.00 bits per heavy atom. The van der Waals surface area contributed by atoms with Crippen LogP contribution in [0.15, 0.2) is 30.3 Å². The first kappa shape index (κ1) is 18.4. The maximum Gasteiger partial charge on any atom is 0.224 e. The Bertz CT molecular complexity index is 527. The van der Waals surface area contributed by atoms with E-state index in [1.807, 2.05) is 35.2 Å². The maximum absolute atomic E-state index is 12.7. The smallest absolute Gasteiger partial charge is 0.224 e. The molecule has 2 N–H and O–H groups in total. The minimum Gasteiger partial charge on any atom is -0.341 e. The molecule has 1 aliphatic heterocycles. The summed E-state index contributed by atoms with van der Waals surface area (Å²) in [7, 11) is 0. The number of nitrogens with zero attached hydrogens (tertiary/aromatic N) is 2. The molecule has 0 spiro atoms. The standard InChI is InChI=1S/C21H33N3O/c22-20(19-10-5-2-6-11-19)16-21(25)24-13-7-12-23(14-15-24)17-18-8-3-1-4-9-18/h2,5-6,10-11,18,20H,1,3-4,7-9,12-17,22H2. The second kappa shape index (κ2) is 9.35. The summed E-state index contributed by atoms with van der Waals surface area (Å²) in [6, 6.07) is 9.76. The van der Waals surface area contributed by atoms with Crippen molar-refractivity contribution in [3.05, 3.63) is 35.9 Å². The molecule has 4 heteroatoms. The first-order valence-electron chi connectivity index (χ1n) is 10.0. The number of rotatable bonds is 5. The van der Waals surface area contributed by atoms with E-state index in [9.17, 15) is 4.79 Å². The molecule has 1 amide bonds. The van der Waals surface area contributed by atoms with Gasteiger partial charge in [-0.25, -0.2) is 0 Å². The van der Waals surface area contributed by atoms with Crippen LogP contribution in [0.1, 0.15) is 56.6 Å². The van der Waals surface area contributed by atoms with Crippen molar-refractivity contribution in [2.45, 2.75) is 51.0 Å². The summed E-state index contributed by atoms with van der Waals surface area (Å²) in [6.45, 7) is 5.11. The van der Waals surface area contributed by atoms with Crippen LogP contribution in [0.4, 0.5) is 0 Å². The number of benzene rings is 1. The fourth-order valence-corrected chi connectivity index (χ4v) is 4.27. The number of amides is 1. The summed E-state index contributed by atoms with van der Waals surface area (Å²) in [6.07, 6.45) is 8.50. The lowest BCUT2D eigenvalue weighted by atomic mass is 9.89. The van der Waals surface area contributed by atoms with Crippen LogP contribution < -0.4 is 5.73 Å². The number of carbonyl (C=O) groups is 1. The fourth-order valence-electron chi connectivity index (χ4n) is 4.27. The predicted molar refractivity (Wildman–Crippen MR) is 102 cm³/mol. The number of hydrogen-bond donors (Lipinski definition) is 1. The van der Waals surface area contributed by atoms with Crippen molar-refractivity contribution >= 4 is 5.91 Å². The van der Waals surface area contributed by atoms with Crippen LogP contribution in [-0.4, -0.2) is 48.4 Å². The lowest BCUT2D eigenvalue weighted by molar-refractivity contribution is -0.131. The summed E-state index contributed by atoms with van der Waals surface area (Å²) in [5.41, 5.74) is 7.28. The van der Waals surface area contributed by atoms with E-state index >= 15 is 0 Å². The van der Waals surface area contributed by atoms with Crippen molar-refractivity contribution in [1.29, 1.82) is 0 Å². The average molecular weight is 344 g/mol. The van der Waals surface area contributed by atoms with E-state index < -0.39 is 0 Å². The van der Waals surface area contributed by atoms with Crippen molar-refractivity contribution in [2.75, 3.05) is 32.7 Å². The third-order valence-electron chi connectivity index (χ3n) is 5.80. The molecule has 1 saturated heterocycles. The van der Waals surface area contributed by atoms with Crippen molar-refractivity contribution in [1.82, 2.24) is 9.80 Å². The predicted octanol–water partition coefficient (Wildman–Crippen LogP) is 3.19. The normalized spacial score (nSPS) is 21.7. The Hall–Kier alpha value is -1.39. The monoisotopic (exact) mass is 343 g/mol. The zero-order valence-corrected chi connectivity index (χ0v) is 15.4. The Morgan fingerprint density at radius 2 is 1.76 bits per heavy atom. The summed E-state index contributed by atoms with van der Waals surface area (Å²) in [5, 5.41) is 0. The number of carbonyl (C=O) groups excluding carboxylic acids is 1. The number of hydrogen-bond acceptors (Lipinski definition) is 3. The van der Waals surface area contributed by atoms with Gasteiger partial charge >= 0.3 is 0 Å². The molecule has 138 valence electrons. The molecule has 2 aliphatic rings. The average Bonchev–Trinajstić information content (AvgIpc) is 2.89. The third kappa shape index (κ3) is 5.55. The van der Waals surface area contributed by atoms with Gasteiger partial charge in [0.1, 0.15) is 0 Å². The summed E-state index contributed by atoms with van der Waals surface area (Å²) in [5.74, 6) is 1.08. The summed E-state index contributed by atoms with van der Waals surface area (Å²) in [4.78, 5) is 17.3. The topological polar surface area (TPSA) is 49.6 Å². The molecule has 3 rings (SSSR count). The Labute approximate surface area is 152 Å². The third-order valence-corrected chi connectivity index (χ3v) is 5.80. The van der Waals surface area contributed by atoms with Gasteiger partial charge in [-0.2, -0.15) is 0 Å². The fraction of sp³-hybridized carbons (Fsp3) is 0.667. The molecule has 2 fully saturated rings. The molecule has 4 nitrogen and oxygen atoms in total. The molecule has 1 aromatic carbocycles. The largest absolute Gasteiger partial charge is 0.341 e. The highest BCUT2D eigenvalue weighted by molar-refractivity contribution is 5.77. The van der Waals surface area contributed by atoms with Crippen molar-refractivity contribution < 1.29 is 4.79 Å². The van der Waals surface area contributed by atoms with E-state index in [1.54, 1.807) is 0 Å². The highest BCUT2D eigenvalue weighted by Crippen LogP contribution is 2.25. The van der Waals surface area contributed by atoms with Gasteiger partial charge in [0.2, 0.25) is 5.91 Å². The molecular weight excluding hydrogens is 310 g/mol. The Balaban J connectivity index is 1.46. The first-order chi connectivity index (χ1) is 12.2. The highest BCUT2D eigenvalue weighted by Gasteiger charge is 2.23. The molecule has 1 unspecified atom stereocenters. The molecule has 0 radical (unpaired) electrons. The Morgan fingerprint density at radius 3 is 2.52 bits per heavy atom. The molecule has 0 bridgehead atoms.